The third kappa shape index (κ3) is 3.42. The Morgan fingerprint density at radius 2 is 1.88 bits per heavy atom. The van der Waals surface area contributed by atoms with Crippen molar-refractivity contribution in [2.75, 3.05) is 24.7 Å². The molecule has 7 nitrogen and oxygen atoms in total. The number of aromatic amines is 1. The summed E-state index contributed by atoms with van der Waals surface area (Å²) in [5.41, 5.74) is 3.29. The highest BCUT2D eigenvalue weighted by molar-refractivity contribution is 7.90. The van der Waals surface area contributed by atoms with Crippen molar-refractivity contribution in [1.82, 2.24) is 20.3 Å². The zero-order chi connectivity index (χ0) is 18.1. The van der Waals surface area contributed by atoms with Crippen LogP contribution >= 0.6 is 0 Å². The summed E-state index contributed by atoms with van der Waals surface area (Å²) < 4.78 is 23.3. The monoisotopic (exact) mass is 371 g/mol. The Bertz CT molecular complexity index is 1020. The number of hydrogen-bond acceptors (Lipinski definition) is 6. The van der Waals surface area contributed by atoms with Crippen molar-refractivity contribution in [3.63, 3.8) is 0 Å². The van der Waals surface area contributed by atoms with E-state index in [9.17, 15) is 8.42 Å². The minimum Gasteiger partial charge on any atom is -0.366 e. The number of aromatic nitrogens is 3. The van der Waals surface area contributed by atoms with Gasteiger partial charge < -0.3 is 15.6 Å². The first kappa shape index (κ1) is 17.0. The van der Waals surface area contributed by atoms with Crippen molar-refractivity contribution in [3.8, 4) is 11.1 Å². The molecule has 3 heterocycles. The van der Waals surface area contributed by atoms with E-state index in [0.29, 0.717) is 16.6 Å². The third-order valence-electron chi connectivity index (χ3n) is 4.67. The van der Waals surface area contributed by atoms with Crippen molar-refractivity contribution in [2.45, 2.75) is 23.8 Å². The van der Waals surface area contributed by atoms with E-state index >= 15 is 0 Å². The van der Waals surface area contributed by atoms with Crippen LogP contribution in [0.15, 0.2) is 41.6 Å². The van der Waals surface area contributed by atoms with E-state index < -0.39 is 9.84 Å². The van der Waals surface area contributed by atoms with Gasteiger partial charge in [0.05, 0.1) is 11.1 Å². The summed E-state index contributed by atoms with van der Waals surface area (Å²) in [4.78, 5) is 12.6. The summed E-state index contributed by atoms with van der Waals surface area (Å²) in [7, 11) is -3.20. The van der Waals surface area contributed by atoms with Crippen molar-refractivity contribution in [2.24, 2.45) is 0 Å². The first-order valence-electron chi connectivity index (χ1n) is 8.62. The normalized spacial score (nSPS) is 16.0. The van der Waals surface area contributed by atoms with Gasteiger partial charge >= 0.3 is 0 Å². The highest BCUT2D eigenvalue weighted by atomic mass is 32.2. The molecule has 8 heteroatoms. The number of rotatable bonds is 4. The molecular weight excluding hydrogens is 350 g/mol. The first-order valence-corrected chi connectivity index (χ1v) is 10.5. The molecule has 136 valence electrons. The smallest absolute Gasteiger partial charge is 0.175 e. The second-order valence-electron chi connectivity index (χ2n) is 6.62. The van der Waals surface area contributed by atoms with Crippen molar-refractivity contribution in [1.29, 1.82) is 0 Å². The Kier molecular flexibility index (Phi) is 4.37. The van der Waals surface area contributed by atoms with Crippen LogP contribution in [0.1, 0.15) is 12.8 Å². The van der Waals surface area contributed by atoms with Crippen LogP contribution in [0.25, 0.3) is 22.3 Å². The zero-order valence-electron chi connectivity index (χ0n) is 14.5. The van der Waals surface area contributed by atoms with Gasteiger partial charge in [-0.05, 0) is 43.6 Å². The number of fused-ring (bicyclic) bond motifs is 1. The third-order valence-corrected chi connectivity index (χ3v) is 5.79. The van der Waals surface area contributed by atoms with Crippen LogP contribution < -0.4 is 10.6 Å². The van der Waals surface area contributed by atoms with E-state index in [2.05, 4.69) is 20.6 Å². The van der Waals surface area contributed by atoms with Gasteiger partial charge in [-0.2, -0.15) is 0 Å². The number of nitrogens with zero attached hydrogens (tertiary/aromatic N) is 2. The maximum absolute atomic E-state index is 11.6. The quantitative estimate of drug-likeness (QED) is 0.650. The highest BCUT2D eigenvalue weighted by Gasteiger charge is 2.15. The maximum atomic E-state index is 11.6. The fourth-order valence-corrected chi connectivity index (χ4v) is 3.87. The number of H-pyrrole nitrogens is 1. The summed E-state index contributed by atoms with van der Waals surface area (Å²) >= 11 is 0. The molecule has 0 spiro atoms. The molecule has 1 aromatic carbocycles. The van der Waals surface area contributed by atoms with Crippen LogP contribution in [0.2, 0.25) is 0 Å². The number of hydrogen-bond donors (Lipinski definition) is 3. The Morgan fingerprint density at radius 1 is 1.15 bits per heavy atom. The average molecular weight is 371 g/mol. The molecule has 1 saturated heterocycles. The molecule has 2 aromatic heterocycles. The number of piperidine rings is 1. The Hall–Kier alpha value is -2.45. The first-order chi connectivity index (χ1) is 12.5. The van der Waals surface area contributed by atoms with E-state index in [1.165, 1.54) is 6.26 Å². The van der Waals surface area contributed by atoms with Gasteiger partial charge in [0.2, 0.25) is 0 Å². The molecule has 0 bridgehead atoms. The summed E-state index contributed by atoms with van der Waals surface area (Å²) in [6, 6.07) is 7.24. The van der Waals surface area contributed by atoms with Crippen molar-refractivity contribution in [3.05, 3.63) is 36.7 Å². The molecule has 0 radical (unpaired) electrons. The fourth-order valence-electron chi connectivity index (χ4n) is 3.24. The molecule has 0 unspecified atom stereocenters. The molecule has 1 aliphatic rings. The molecule has 0 aliphatic carbocycles. The van der Waals surface area contributed by atoms with Crippen LogP contribution in [-0.4, -0.2) is 48.8 Å². The summed E-state index contributed by atoms with van der Waals surface area (Å²) in [6.45, 7) is 2.02. The fraction of sp³-hybridized carbons (Fsp3) is 0.333. The van der Waals surface area contributed by atoms with Gasteiger partial charge in [0.15, 0.2) is 15.5 Å². The Balaban J connectivity index is 1.66. The van der Waals surface area contributed by atoms with E-state index in [1.807, 2.05) is 6.20 Å². The van der Waals surface area contributed by atoms with E-state index in [4.69, 9.17) is 4.98 Å². The average Bonchev–Trinajstić information content (AvgIpc) is 3.05. The molecule has 0 atom stereocenters. The minimum atomic E-state index is -3.20. The molecule has 3 N–H and O–H groups in total. The van der Waals surface area contributed by atoms with Crippen LogP contribution in [0.4, 0.5) is 5.82 Å². The van der Waals surface area contributed by atoms with Crippen molar-refractivity contribution >= 4 is 26.8 Å². The van der Waals surface area contributed by atoms with E-state index in [0.717, 1.165) is 48.4 Å². The second-order valence-corrected chi connectivity index (χ2v) is 8.64. The number of sulfone groups is 1. The molecule has 26 heavy (non-hydrogen) atoms. The second kappa shape index (κ2) is 6.69. The minimum absolute atomic E-state index is 0.306. The van der Waals surface area contributed by atoms with E-state index in [-0.39, 0.29) is 0 Å². The molecule has 1 fully saturated rings. The van der Waals surface area contributed by atoms with Gasteiger partial charge in [0.25, 0.3) is 0 Å². The molecule has 0 amide bonds. The predicted octanol–water partition coefficient (Wildman–Crippen LogP) is 2.19. The maximum Gasteiger partial charge on any atom is 0.175 e. The highest BCUT2D eigenvalue weighted by Crippen LogP contribution is 2.28. The van der Waals surface area contributed by atoms with Gasteiger partial charge in [-0.15, -0.1) is 0 Å². The number of anilines is 1. The van der Waals surface area contributed by atoms with Gasteiger partial charge in [0, 0.05) is 24.1 Å². The standard InChI is InChI=1S/C18H21N5O2S/c1-26(24,25)14-4-2-12(3-5-14)15-10-20-18-17(15)23-16(11-21-18)22-13-6-8-19-9-7-13/h2-5,10-11,13,19H,6-9H2,1H3,(H,20,21)(H,22,23). The van der Waals surface area contributed by atoms with Crippen LogP contribution in [0, 0.1) is 0 Å². The molecule has 4 rings (SSSR count). The van der Waals surface area contributed by atoms with Gasteiger partial charge in [0.1, 0.15) is 11.3 Å². The lowest BCUT2D eigenvalue weighted by molar-refractivity contribution is 0.478. The van der Waals surface area contributed by atoms with Crippen molar-refractivity contribution < 1.29 is 8.42 Å². The van der Waals surface area contributed by atoms with Gasteiger partial charge in [-0.1, -0.05) is 12.1 Å². The lowest BCUT2D eigenvalue weighted by atomic mass is 10.1. The number of nitrogens with one attached hydrogen (secondary N) is 3. The van der Waals surface area contributed by atoms with Crippen LogP contribution in [-0.2, 0) is 9.84 Å². The summed E-state index contributed by atoms with van der Waals surface area (Å²) in [5, 5.41) is 6.81. The van der Waals surface area contributed by atoms with E-state index in [1.54, 1.807) is 30.5 Å². The van der Waals surface area contributed by atoms with Gasteiger partial charge in [-0.25, -0.2) is 18.4 Å². The van der Waals surface area contributed by atoms with Crippen LogP contribution in [0.5, 0.6) is 0 Å². The lowest BCUT2D eigenvalue weighted by Crippen LogP contribution is -2.35. The molecule has 0 saturated carbocycles. The summed E-state index contributed by atoms with van der Waals surface area (Å²) in [6.07, 6.45) is 6.93. The summed E-state index contributed by atoms with van der Waals surface area (Å²) in [5.74, 6) is 0.762. The predicted molar refractivity (Wildman–Crippen MR) is 102 cm³/mol. The zero-order valence-corrected chi connectivity index (χ0v) is 15.3. The largest absolute Gasteiger partial charge is 0.366 e. The molecule has 1 aliphatic heterocycles. The lowest BCUT2D eigenvalue weighted by Gasteiger charge is -2.23. The SMILES string of the molecule is CS(=O)(=O)c1ccc(-c2c[nH]c3ncc(NC4CCNCC4)nc23)cc1. The molecular formula is C18H21N5O2S. The Morgan fingerprint density at radius 3 is 2.58 bits per heavy atom. The molecule has 3 aromatic rings. The Labute approximate surface area is 152 Å². The number of benzene rings is 1. The van der Waals surface area contributed by atoms with Crippen LogP contribution in [0.3, 0.4) is 0 Å². The topological polar surface area (TPSA) is 99.8 Å². The van der Waals surface area contributed by atoms with Gasteiger partial charge in [-0.3, -0.25) is 0 Å².